The first kappa shape index (κ1) is 14.8. The van der Waals surface area contributed by atoms with Gasteiger partial charge < -0.3 is 20.5 Å². The van der Waals surface area contributed by atoms with Crippen LogP contribution in [0.25, 0.3) is 0 Å². The van der Waals surface area contributed by atoms with E-state index >= 15 is 0 Å². The summed E-state index contributed by atoms with van der Waals surface area (Å²) in [6.07, 6.45) is 2.10. The molecule has 6 heteroatoms. The van der Waals surface area contributed by atoms with Crippen molar-refractivity contribution in [3.05, 3.63) is 23.8 Å². The van der Waals surface area contributed by atoms with E-state index in [2.05, 4.69) is 10.6 Å². The molecule has 2 aliphatic rings. The summed E-state index contributed by atoms with van der Waals surface area (Å²) in [5, 5.41) is 15.2. The van der Waals surface area contributed by atoms with Crippen LogP contribution in [0, 0.1) is 0 Å². The Morgan fingerprint density at radius 3 is 2.77 bits per heavy atom. The summed E-state index contributed by atoms with van der Waals surface area (Å²) < 4.78 is 5.59. The number of benzene rings is 1. The molecule has 1 aliphatic heterocycles. The molecule has 0 bridgehead atoms. The highest BCUT2D eigenvalue weighted by molar-refractivity contribution is 6.04. The van der Waals surface area contributed by atoms with Crippen LogP contribution in [0.4, 0.5) is 5.69 Å². The van der Waals surface area contributed by atoms with Gasteiger partial charge in [-0.1, -0.05) is 6.07 Å². The molecule has 0 saturated heterocycles. The molecular weight excluding hydrogens is 284 g/mol. The lowest BCUT2D eigenvalue weighted by molar-refractivity contribution is -0.122. The van der Waals surface area contributed by atoms with Crippen LogP contribution in [0.2, 0.25) is 0 Å². The summed E-state index contributed by atoms with van der Waals surface area (Å²) in [7, 11) is 0. The highest BCUT2D eigenvalue weighted by atomic mass is 16.5. The topological polar surface area (TPSA) is 87.7 Å². The molecule has 1 aromatic carbocycles. The number of hydrogen-bond acceptors (Lipinski definition) is 4. The van der Waals surface area contributed by atoms with Gasteiger partial charge >= 0.3 is 0 Å². The average molecular weight is 304 g/mol. The Kier molecular flexibility index (Phi) is 4.02. The lowest BCUT2D eigenvalue weighted by Crippen LogP contribution is -2.40. The van der Waals surface area contributed by atoms with Crippen LogP contribution in [0.5, 0.6) is 5.75 Å². The molecule has 0 radical (unpaired) electrons. The maximum atomic E-state index is 12.5. The normalized spacial score (nSPS) is 27.4. The summed E-state index contributed by atoms with van der Waals surface area (Å²) in [5.41, 5.74) is 0.949. The van der Waals surface area contributed by atoms with E-state index in [-0.39, 0.29) is 24.0 Å². The maximum Gasteiger partial charge on any atom is 0.265 e. The summed E-state index contributed by atoms with van der Waals surface area (Å²) in [6.45, 7) is 1.65. The van der Waals surface area contributed by atoms with Gasteiger partial charge in [0.2, 0.25) is 0 Å². The molecule has 2 amide bonds. The van der Waals surface area contributed by atoms with Crippen LogP contribution in [0.1, 0.15) is 43.0 Å². The van der Waals surface area contributed by atoms with Crippen molar-refractivity contribution in [2.24, 2.45) is 0 Å². The third kappa shape index (κ3) is 2.92. The molecule has 1 fully saturated rings. The Balaban J connectivity index is 1.76. The van der Waals surface area contributed by atoms with Gasteiger partial charge in [-0.15, -0.1) is 0 Å². The van der Waals surface area contributed by atoms with Crippen molar-refractivity contribution >= 4 is 17.5 Å². The fraction of sp³-hybridized carbons (Fsp3) is 0.500. The lowest BCUT2D eigenvalue weighted by Gasteiger charge is -2.28. The second kappa shape index (κ2) is 5.96. The summed E-state index contributed by atoms with van der Waals surface area (Å²) >= 11 is 0. The van der Waals surface area contributed by atoms with Gasteiger partial charge in [0.15, 0.2) is 11.9 Å². The van der Waals surface area contributed by atoms with Crippen LogP contribution in [-0.4, -0.2) is 35.2 Å². The Hall–Kier alpha value is -2.08. The Morgan fingerprint density at radius 1 is 1.32 bits per heavy atom. The number of carbonyl (C=O) groups is 2. The molecule has 118 valence electrons. The molecule has 3 rings (SSSR count). The van der Waals surface area contributed by atoms with E-state index in [1.807, 2.05) is 0 Å². The van der Waals surface area contributed by atoms with E-state index in [0.29, 0.717) is 29.8 Å². The molecule has 22 heavy (non-hydrogen) atoms. The van der Waals surface area contributed by atoms with E-state index in [9.17, 15) is 14.7 Å². The van der Waals surface area contributed by atoms with Gasteiger partial charge in [0.05, 0.1) is 17.4 Å². The van der Waals surface area contributed by atoms with Gasteiger partial charge in [0.1, 0.15) is 0 Å². The second-order valence-electron chi connectivity index (χ2n) is 5.91. The zero-order valence-electron chi connectivity index (χ0n) is 12.5. The number of fused-ring (bicyclic) bond motifs is 1. The van der Waals surface area contributed by atoms with Gasteiger partial charge in [0, 0.05) is 6.04 Å². The van der Waals surface area contributed by atoms with Gasteiger partial charge in [-0.3, -0.25) is 9.59 Å². The first-order chi connectivity index (χ1) is 10.5. The fourth-order valence-electron chi connectivity index (χ4n) is 2.89. The molecule has 6 nitrogen and oxygen atoms in total. The molecule has 1 saturated carbocycles. The zero-order chi connectivity index (χ0) is 15.7. The average Bonchev–Trinajstić information content (AvgIpc) is 2.50. The standard InChI is InChI=1S/C16H20N2O4/c1-9-15(20)18-13-4-2-3-12(14(13)22-9)16(21)17-10-5-7-11(19)8-6-10/h2-4,9-11,19H,5-8H2,1H3,(H,17,21)(H,18,20). The Labute approximate surface area is 128 Å². The second-order valence-corrected chi connectivity index (χ2v) is 5.91. The fourth-order valence-corrected chi connectivity index (χ4v) is 2.89. The van der Waals surface area contributed by atoms with Crippen LogP contribution in [0.3, 0.4) is 0 Å². The van der Waals surface area contributed by atoms with Crippen LogP contribution in [-0.2, 0) is 4.79 Å². The third-order valence-electron chi connectivity index (χ3n) is 4.21. The van der Waals surface area contributed by atoms with Crippen molar-refractivity contribution in [3.63, 3.8) is 0 Å². The number of para-hydroxylation sites is 1. The smallest absolute Gasteiger partial charge is 0.265 e. The number of aliphatic hydroxyl groups is 1. The van der Waals surface area contributed by atoms with E-state index < -0.39 is 6.10 Å². The zero-order valence-corrected chi connectivity index (χ0v) is 12.5. The SMILES string of the molecule is CC1Oc2c(cccc2C(=O)NC2CCC(O)CC2)NC1=O. The maximum absolute atomic E-state index is 12.5. The largest absolute Gasteiger partial charge is 0.478 e. The minimum atomic E-state index is -0.619. The van der Waals surface area contributed by atoms with Crippen LogP contribution in [0.15, 0.2) is 18.2 Å². The molecule has 1 heterocycles. The predicted molar refractivity (Wildman–Crippen MR) is 80.9 cm³/mol. The van der Waals surface area contributed by atoms with Crippen molar-refractivity contribution in [3.8, 4) is 5.75 Å². The Morgan fingerprint density at radius 2 is 2.05 bits per heavy atom. The highest BCUT2D eigenvalue weighted by Gasteiger charge is 2.29. The van der Waals surface area contributed by atoms with Gasteiger partial charge in [-0.2, -0.15) is 0 Å². The number of rotatable bonds is 2. The van der Waals surface area contributed by atoms with Crippen LogP contribution >= 0.6 is 0 Å². The molecule has 1 atom stereocenters. The summed E-state index contributed by atoms with van der Waals surface area (Å²) in [6, 6.07) is 5.20. The van der Waals surface area contributed by atoms with Crippen molar-refractivity contribution in [1.82, 2.24) is 5.32 Å². The van der Waals surface area contributed by atoms with E-state index in [1.54, 1.807) is 25.1 Å². The quantitative estimate of drug-likeness (QED) is 0.771. The summed E-state index contributed by atoms with van der Waals surface area (Å²) in [5.74, 6) is -0.00383. The molecule has 3 N–H and O–H groups in total. The molecular formula is C16H20N2O4. The first-order valence-electron chi connectivity index (χ1n) is 7.64. The van der Waals surface area contributed by atoms with E-state index in [4.69, 9.17) is 4.74 Å². The van der Waals surface area contributed by atoms with Gasteiger partial charge in [-0.25, -0.2) is 0 Å². The number of ether oxygens (including phenoxy) is 1. The van der Waals surface area contributed by atoms with Crippen molar-refractivity contribution in [2.75, 3.05) is 5.32 Å². The highest BCUT2D eigenvalue weighted by Crippen LogP contribution is 2.33. The van der Waals surface area contributed by atoms with E-state index in [0.717, 1.165) is 12.8 Å². The lowest BCUT2D eigenvalue weighted by atomic mass is 9.93. The van der Waals surface area contributed by atoms with Crippen molar-refractivity contribution in [2.45, 2.75) is 50.9 Å². The molecule has 0 spiro atoms. The van der Waals surface area contributed by atoms with E-state index in [1.165, 1.54) is 0 Å². The van der Waals surface area contributed by atoms with Crippen LogP contribution < -0.4 is 15.4 Å². The number of aliphatic hydroxyl groups excluding tert-OH is 1. The third-order valence-corrected chi connectivity index (χ3v) is 4.21. The molecule has 1 aliphatic carbocycles. The predicted octanol–water partition coefficient (Wildman–Crippen LogP) is 1.44. The minimum Gasteiger partial charge on any atom is -0.478 e. The monoisotopic (exact) mass is 304 g/mol. The number of hydrogen-bond donors (Lipinski definition) is 3. The van der Waals surface area contributed by atoms with Gasteiger partial charge in [0.25, 0.3) is 11.8 Å². The Bertz CT molecular complexity index is 594. The number of nitrogens with one attached hydrogen (secondary N) is 2. The molecule has 1 aromatic rings. The number of carbonyl (C=O) groups excluding carboxylic acids is 2. The van der Waals surface area contributed by atoms with Crippen molar-refractivity contribution in [1.29, 1.82) is 0 Å². The minimum absolute atomic E-state index is 0.0716. The molecule has 1 unspecified atom stereocenters. The summed E-state index contributed by atoms with van der Waals surface area (Å²) in [4.78, 5) is 24.1. The molecule has 0 aromatic heterocycles. The number of amides is 2. The van der Waals surface area contributed by atoms with Crippen molar-refractivity contribution < 1.29 is 19.4 Å². The van der Waals surface area contributed by atoms with Gasteiger partial charge in [-0.05, 0) is 44.7 Å². The first-order valence-corrected chi connectivity index (χ1v) is 7.64. The number of anilines is 1.